The van der Waals surface area contributed by atoms with Crippen LogP contribution in [0, 0.1) is 0 Å². The van der Waals surface area contributed by atoms with Gasteiger partial charge in [0.25, 0.3) is 0 Å². The zero-order valence-electron chi connectivity index (χ0n) is 10.6. The van der Waals surface area contributed by atoms with Gasteiger partial charge < -0.3 is 10.5 Å². The molecule has 3 N–H and O–H groups in total. The molecule has 0 radical (unpaired) electrons. The second kappa shape index (κ2) is 7.55. The number of primary amides is 1. The Bertz CT molecular complexity index is 365. The Labute approximate surface area is 107 Å². The lowest BCUT2D eigenvalue weighted by atomic mass is 10.1. The average molecular weight is 252 g/mol. The van der Waals surface area contributed by atoms with Crippen LogP contribution in [0.5, 0.6) is 5.75 Å². The van der Waals surface area contributed by atoms with E-state index in [0.717, 1.165) is 30.8 Å². The summed E-state index contributed by atoms with van der Waals surface area (Å²) in [6.45, 7) is 3.03. The van der Waals surface area contributed by atoms with Gasteiger partial charge >= 0.3 is 6.03 Å². The summed E-state index contributed by atoms with van der Waals surface area (Å²) in [6, 6.07) is 6.76. The number of rotatable bonds is 7. The van der Waals surface area contributed by atoms with Crippen LogP contribution in [0.2, 0.25) is 0 Å². The van der Waals surface area contributed by atoms with Gasteiger partial charge in [-0.1, -0.05) is 25.5 Å². The van der Waals surface area contributed by atoms with Crippen molar-refractivity contribution in [2.45, 2.75) is 26.2 Å². The molecule has 0 atom stereocenters. The number of urea groups is 1. The first-order valence-electron chi connectivity index (χ1n) is 6.11. The number of benzene rings is 1. The lowest BCUT2D eigenvalue weighted by Gasteiger charge is -2.11. The van der Waals surface area contributed by atoms with Gasteiger partial charge in [-0.15, -0.1) is 0 Å². The van der Waals surface area contributed by atoms with E-state index in [-0.39, 0.29) is 6.54 Å². The molecule has 0 saturated heterocycles. The van der Waals surface area contributed by atoms with Crippen LogP contribution in [0.25, 0.3) is 0 Å². The topological polar surface area (TPSA) is 75.8 Å². The number of nitrogens with two attached hydrogens (primary N) is 1. The van der Waals surface area contributed by atoms with Crippen LogP contribution in [0.3, 0.4) is 0 Å². The van der Waals surface area contributed by atoms with E-state index in [1.807, 2.05) is 24.3 Å². The predicted molar refractivity (Wildman–Crippen MR) is 68.6 cm³/mol. The number of hydrogen-bond donors (Lipinski definition) is 2. The number of amides is 2. The Kier molecular flexibility index (Phi) is 6.00. The number of unbranched alkanes of at least 4 members (excludes halogenated alkanes) is 1. The van der Waals surface area contributed by atoms with Crippen LogP contribution in [0.4, 0.5) is 4.79 Å². The van der Waals surface area contributed by atoms with Crippen molar-refractivity contribution < 1.29 is 14.7 Å². The Morgan fingerprint density at radius 1 is 1.39 bits per heavy atom. The first-order valence-corrected chi connectivity index (χ1v) is 6.11. The number of hydroxylamine groups is 2. The molecule has 0 heterocycles. The van der Waals surface area contributed by atoms with Crippen molar-refractivity contribution in [1.29, 1.82) is 0 Å². The van der Waals surface area contributed by atoms with E-state index in [9.17, 15) is 4.79 Å². The van der Waals surface area contributed by atoms with Gasteiger partial charge in [0.05, 0.1) is 13.2 Å². The van der Waals surface area contributed by atoms with Crippen LogP contribution < -0.4 is 10.5 Å². The smallest absolute Gasteiger partial charge is 0.338 e. The van der Waals surface area contributed by atoms with Gasteiger partial charge in [0.15, 0.2) is 0 Å². The Morgan fingerprint density at radius 3 is 2.61 bits per heavy atom. The third-order valence-corrected chi connectivity index (χ3v) is 2.56. The lowest BCUT2D eigenvalue weighted by molar-refractivity contribution is -0.0382. The molecule has 0 aliphatic rings. The molecule has 0 bridgehead atoms. The summed E-state index contributed by atoms with van der Waals surface area (Å²) in [4.78, 5) is 10.6. The summed E-state index contributed by atoms with van der Waals surface area (Å²) < 4.78 is 5.53. The number of hydrogen-bond acceptors (Lipinski definition) is 3. The highest BCUT2D eigenvalue weighted by Crippen LogP contribution is 2.13. The van der Waals surface area contributed by atoms with E-state index in [0.29, 0.717) is 11.5 Å². The van der Waals surface area contributed by atoms with Gasteiger partial charge in [-0.3, -0.25) is 5.21 Å². The zero-order chi connectivity index (χ0) is 13.4. The van der Waals surface area contributed by atoms with Crippen molar-refractivity contribution in [3.63, 3.8) is 0 Å². The minimum absolute atomic E-state index is 0.186. The highest BCUT2D eigenvalue weighted by Gasteiger charge is 2.05. The van der Waals surface area contributed by atoms with Crippen molar-refractivity contribution in [2.75, 3.05) is 13.2 Å². The molecule has 18 heavy (non-hydrogen) atoms. The summed E-state index contributed by atoms with van der Waals surface area (Å²) in [6.07, 6.45) is 2.70. The normalized spacial score (nSPS) is 10.1. The molecule has 5 heteroatoms. The number of ether oxygens (including phenoxy) is 1. The summed E-state index contributed by atoms with van der Waals surface area (Å²) >= 11 is 0. The maximum atomic E-state index is 10.6. The fourth-order valence-electron chi connectivity index (χ4n) is 1.43. The first kappa shape index (κ1) is 14.3. The van der Waals surface area contributed by atoms with Crippen LogP contribution >= 0.6 is 0 Å². The van der Waals surface area contributed by atoms with Gasteiger partial charge in [-0.05, 0) is 30.5 Å². The first-order chi connectivity index (χ1) is 8.63. The summed E-state index contributed by atoms with van der Waals surface area (Å²) in [7, 11) is 0. The SMILES string of the molecule is CCCCOc1ccc(CCN(O)C(N)=O)cc1. The van der Waals surface area contributed by atoms with E-state index in [1.165, 1.54) is 0 Å². The molecule has 1 aromatic carbocycles. The van der Waals surface area contributed by atoms with Crippen LogP contribution in [0.1, 0.15) is 25.3 Å². The molecule has 1 rings (SSSR count). The van der Waals surface area contributed by atoms with E-state index in [2.05, 4.69) is 6.92 Å². The molecule has 0 unspecified atom stereocenters. The average Bonchev–Trinajstić information content (AvgIpc) is 2.37. The molecule has 0 saturated carbocycles. The lowest BCUT2D eigenvalue weighted by Crippen LogP contribution is -2.34. The Hall–Kier alpha value is -1.75. The van der Waals surface area contributed by atoms with Gasteiger partial charge in [0, 0.05) is 0 Å². The van der Waals surface area contributed by atoms with Crippen LogP contribution in [-0.4, -0.2) is 29.5 Å². The van der Waals surface area contributed by atoms with E-state index in [4.69, 9.17) is 15.7 Å². The molecule has 0 spiro atoms. The molecule has 0 aliphatic heterocycles. The van der Waals surface area contributed by atoms with Crippen molar-refractivity contribution in [3.05, 3.63) is 29.8 Å². The fraction of sp³-hybridized carbons (Fsp3) is 0.462. The fourth-order valence-corrected chi connectivity index (χ4v) is 1.43. The largest absolute Gasteiger partial charge is 0.494 e. The minimum Gasteiger partial charge on any atom is -0.494 e. The third kappa shape index (κ3) is 5.05. The minimum atomic E-state index is -0.838. The molecule has 1 aromatic rings. The maximum absolute atomic E-state index is 10.6. The second-order valence-corrected chi connectivity index (χ2v) is 4.06. The highest BCUT2D eigenvalue weighted by atomic mass is 16.5. The quantitative estimate of drug-likeness (QED) is 0.443. The highest BCUT2D eigenvalue weighted by molar-refractivity contribution is 5.70. The Balaban J connectivity index is 2.38. The molecule has 5 nitrogen and oxygen atoms in total. The molecule has 0 fully saturated rings. The number of nitrogens with zero attached hydrogens (tertiary/aromatic N) is 1. The summed E-state index contributed by atoms with van der Waals surface area (Å²) in [5.41, 5.74) is 5.92. The maximum Gasteiger partial charge on any atom is 0.338 e. The van der Waals surface area contributed by atoms with Gasteiger partial charge in [0.2, 0.25) is 0 Å². The van der Waals surface area contributed by atoms with E-state index < -0.39 is 6.03 Å². The van der Waals surface area contributed by atoms with Crippen molar-refractivity contribution in [2.24, 2.45) is 5.73 Å². The number of carbonyl (C=O) groups is 1. The molecule has 100 valence electrons. The van der Waals surface area contributed by atoms with Crippen molar-refractivity contribution in [3.8, 4) is 5.75 Å². The molecular formula is C13H20N2O3. The van der Waals surface area contributed by atoms with Crippen molar-refractivity contribution in [1.82, 2.24) is 5.06 Å². The monoisotopic (exact) mass is 252 g/mol. The molecule has 0 aromatic heterocycles. The molecule has 0 aliphatic carbocycles. The molecule has 2 amide bonds. The second-order valence-electron chi connectivity index (χ2n) is 4.06. The van der Waals surface area contributed by atoms with Gasteiger partial charge in [0.1, 0.15) is 5.75 Å². The van der Waals surface area contributed by atoms with Crippen molar-refractivity contribution >= 4 is 6.03 Å². The number of carbonyl (C=O) groups excluding carboxylic acids is 1. The zero-order valence-corrected chi connectivity index (χ0v) is 10.6. The third-order valence-electron chi connectivity index (χ3n) is 2.56. The summed E-state index contributed by atoms with van der Waals surface area (Å²) in [5, 5.41) is 9.63. The predicted octanol–water partition coefficient (Wildman–Crippen LogP) is 2.18. The summed E-state index contributed by atoms with van der Waals surface area (Å²) in [5.74, 6) is 0.836. The van der Waals surface area contributed by atoms with Gasteiger partial charge in [-0.2, -0.15) is 0 Å². The molecular weight excluding hydrogens is 232 g/mol. The standard InChI is InChI=1S/C13H20N2O3/c1-2-3-10-18-12-6-4-11(5-7-12)8-9-15(17)13(14)16/h4-7,17H,2-3,8-10H2,1H3,(H2,14,16). The Morgan fingerprint density at radius 2 is 2.06 bits per heavy atom. The van der Waals surface area contributed by atoms with E-state index in [1.54, 1.807) is 0 Å². The van der Waals surface area contributed by atoms with Gasteiger partial charge in [-0.25, -0.2) is 9.86 Å². The van der Waals surface area contributed by atoms with E-state index >= 15 is 0 Å². The van der Waals surface area contributed by atoms with Crippen LogP contribution in [0.15, 0.2) is 24.3 Å². The van der Waals surface area contributed by atoms with Crippen LogP contribution in [-0.2, 0) is 6.42 Å².